The normalized spacial score (nSPS) is 24.0. The van der Waals surface area contributed by atoms with Crippen LogP contribution in [-0.4, -0.2) is 37.5 Å². The molecule has 1 aromatic carbocycles. The summed E-state index contributed by atoms with van der Waals surface area (Å²) in [6.07, 6.45) is -2.79. The van der Waals surface area contributed by atoms with Crippen molar-refractivity contribution in [3.8, 4) is 0 Å². The van der Waals surface area contributed by atoms with Gasteiger partial charge in [-0.05, 0) is 43.5 Å². The second-order valence-corrected chi connectivity index (χ2v) is 6.97. The van der Waals surface area contributed by atoms with Crippen molar-refractivity contribution in [3.05, 3.63) is 29.3 Å². The van der Waals surface area contributed by atoms with E-state index in [-0.39, 0.29) is 29.1 Å². The Bertz CT molecular complexity index is 705. The molecule has 5 nitrogen and oxygen atoms in total. The van der Waals surface area contributed by atoms with Crippen LogP contribution in [0.15, 0.2) is 18.2 Å². The summed E-state index contributed by atoms with van der Waals surface area (Å²) < 4.78 is 39.8. The van der Waals surface area contributed by atoms with Crippen molar-refractivity contribution in [2.75, 3.05) is 24.5 Å². The summed E-state index contributed by atoms with van der Waals surface area (Å²) in [6.45, 7) is 3.82. The molecule has 26 heavy (non-hydrogen) atoms. The molecule has 0 bridgehead atoms. The number of rotatable bonds is 3. The van der Waals surface area contributed by atoms with Gasteiger partial charge in [-0.25, -0.2) is 0 Å². The van der Waals surface area contributed by atoms with E-state index >= 15 is 0 Å². The van der Waals surface area contributed by atoms with Gasteiger partial charge in [0.05, 0.1) is 5.56 Å². The third kappa shape index (κ3) is 4.00. The van der Waals surface area contributed by atoms with E-state index in [0.717, 1.165) is 25.1 Å². The number of hydrogen-bond acceptors (Lipinski definition) is 3. The molecule has 0 aliphatic carbocycles. The molecule has 3 rings (SSSR count). The van der Waals surface area contributed by atoms with Crippen molar-refractivity contribution in [2.24, 2.45) is 5.92 Å². The van der Waals surface area contributed by atoms with E-state index in [1.165, 1.54) is 11.0 Å². The number of benzene rings is 1. The fourth-order valence-electron chi connectivity index (χ4n) is 3.42. The Labute approximate surface area is 149 Å². The van der Waals surface area contributed by atoms with Crippen LogP contribution in [0.4, 0.5) is 18.9 Å². The molecule has 2 heterocycles. The van der Waals surface area contributed by atoms with Gasteiger partial charge >= 0.3 is 6.18 Å². The van der Waals surface area contributed by atoms with E-state index < -0.39 is 17.6 Å². The van der Waals surface area contributed by atoms with Crippen LogP contribution < -0.4 is 15.5 Å². The largest absolute Gasteiger partial charge is 0.416 e. The summed E-state index contributed by atoms with van der Waals surface area (Å²) in [5.41, 5.74) is -0.871. The Morgan fingerprint density at radius 1 is 1.31 bits per heavy atom. The first-order valence-electron chi connectivity index (χ1n) is 8.80. The Morgan fingerprint density at radius 3 is 2.69 bits per heavy atom. The lowest BCUT2D eigenvalue weighted by atomic mass is 9.94. The zero-order valence-corrected chi connectivity index (χ0v) is 14.5. The Kier molecular flexibility index (Phi) is 5.22. The molecule has 142 valence electrons. The number of amides is 2. The van der Waals surface area contributed by atoms with Gasteiger partial charge in [-0.15, -0.1) is 0 Å². The number of nitrogens with one attached hydrogen (secondary N) is 2. The lowest BCUT2D eigenvalue weighted by Gasteiger charge is -2.30. The summed E-state index contributed by atoms with van der Waals surface area (Å²) in [7, 11) is 0. The van der Waals surface area contributed by atoms with Crippen molar-refractivity contribution in [2.45, 2.75) is 38.4 Å². The van der Waals surface area contributed by atoms with Crippen LogP contribution >= 0.6 is 0 Å². The van der Waals surface area contributed by atoms with Gasteiger partial charge in [-0.1, -0.05) is 6.92 Å². The molecule has 2 fully saturated rings. The van der Waals surface area contributed by atoms with Gasteiger partial charge in [0.25, 0.3) is 5.91 Å². The van der Waals surface area contributed by atoms with Gasteiger partial charge in [0, 0.05) is 36.8 Å². The van der Waals surface area contributed by atoms with Crippen molar-refractivity contribution in [1.82, 2.24) is 10.6 Å². The van der Waals surface area contributed by atoms with Gasteiger partial charge in [0.2, 0.25) is 5.91 Å². The van der Waals surface area contributed by atoms with E-state index in [1.807, 2.05) is 6.92 Å². The third-order valence-electron chi connectivity index (χ3n) is 5.04. The zero-order valence-electron chi connectivity index (χ0n) is 14.5. The van der Waals surface area contributed by atoms with Crippen LogP contribution in [0.2, 0.25) is 0 Å². The number of halogens is 3. The summed E-state index contributed by atoms with van der Waals surface area (Å²) in [6, 6.07) is 3.02. The highest BCUT2D eigenvalue weighted by Crippen LogP contribution is 2.34. The number of alkyl halides is 3. The van der Waals surface area contributed by atoms with Crippen LogP contribution in [0.3, 0.4) is 0 Å². The fraction of sp³-hybridized carbons (Fsp3) is 0.556. The Morgan fingerprint density at radius 2 is 2.08 bits per heavy atom. The second-order valence-electron chi connectivity index (χ2n) is 6.97. The number of nitrogens with zero attached hydrogens (tertiary/aromatic N) is 1. The summed E-state index contributed by atoms with van der Waals surface area (Å²) in [4.78, 5) is 25.8. The Hall–Kier alpha value is -2.09. The van der Waals surface area contributed by atoms with E-state index in [2.05, 4.69) is 10.6 Å². The number of piperidine rings is 1. The third-order valence-corrected chi connectivity index (χ3v) is 5.04. The zero-order chi connectivity index (χ0) is 18.9. The van der Waals surface area contributed by atoms with Gasteiger partial charge in [0.15, 0.2) is 0 Å². The average Bonchev–Trinajstić information content (AvgIpc) is 3.02. The molecule has 0 aromatic heterocycles. The quantitative estimate of drug-likeness (QED) is 0.861. The van der Waals surface area contributed by atoms with Gasteiger partial charge in [-0.3, -0.25) is 9.59 Å². The highest BCUT2D eigenvalue weighted by atomic mass is 19.4. The Balaban J connectivity index is 1.89. The molecular formula is C18H22F3N3O2. The lowest BCUT2D eigenvalue weighted by molar-refractivity contribution is -0.137. The predicted molar refractivity (Wildman–Crippen MR) is 90.9 cm³/mol. The van der Waals surface area contributed by atoms with E-state index in [0.29, 0.717) is 25.9 Å². The lowest BCUT2D eigenvalue weighted by Crippen LogP contribution is -2.50. The van der Waals surface area contributed by atoms with Crippen LogP contribution in [0, 0.1) is 5.92 Å². The number of carbonyl (C=O) groups excluding carboxylic acids is 2. The maximum Gasteiger partial charge on any atom is 0.416 e. The number of anilines is 1. The van der Waals surface area contributed by atoms with Crippen LogP contribution in [-0.2, 0) is 11.0 Å². The van der Waals surface area contributed by atoms with Crippen molar-refractivity contribution < 1.29 is 22.8 Å². The van der Waals surface area contributed by atoms with Gasteiger partial charge in [0.1, 0.15) is 0 Å². The molecule has 0 radical (unpaired) electrons. The molecule has 2 amide bonds. The van der Waals surface area contributed by atoms with E-state index in [9.17, 15) is 22.8 Å². The summed E-state index contributed by atoms with van der Waals surface area (Å²) in [5, 5.41) is 5.99. The first-order chi connectivity index (χ1) is 12.3. The minimum absolute atomic E-state index is 0.0766. The maximum absolute atomic E-state index is 13.3. The summed E-state index contributed by atoms with van der Waals surface area (Å²) in [5.74, 6) is -0.532. The van der Waals surface area contributed by atoms with Crippen molar-refractivity contribution >= 4 is 17.5 Å². The van der Waals surface area contributed by atoms with Gasteiger partial charge in [-0.2, -0.15) is 13.2 Å². The minimum Gasteiger partial charge on any atom is -0.348 e. The molecule has 2 saturated heterocycles. The second kappa shape index (κ2) is 7.26. The van der Waals surface area contributed by atoms with Crippen LogP contribution in [0.1, 0.15) is 42.1 Å². The molecular weight excluding hydrogens is 347 g/mol. The number of hydrogen-bond donors (Lipinski definition) is 2. The van der Waals surface area contributed by atoms with Crippen LogP contribution in [0.5, 0.6) is 0 Å². The highest BCUT2D eigenvalue weighted by molar-refractivity contribution is 5.99. The molecule has 2 aliphatic heterocycles. The molecule has 0 spiro atoms. The van der Waals surface area contributed by atoms with E-state index in [1.54, 1.807) is 0 Å². The summed E-state index contributed by atoms with van der Waals surface area (Å²) >= 11 is 0. The molecule has 2 aliphatic rings. The maximum atomic E-state index is 13.3. The monoisotopic (exact) mass is 369 g/mol. The highest BCUT2D eigenvalue weighted by Gasteiger charge is 2.34. The molecule has 1 aromatic rings. The topological polar surface area (TPSA) is 61.4 Å². The minimum atomic E-state index is -4.59. The molecule has 8 heteroatoms. The average molecular weight is 369 g/mol. The smallest absolute Gasteiger partial charge is 0.348 e. The molecule has 2 atom stereocenters. The van der Waals surface area contributed by atoms with E-state index in [4.69, 9.17) is 0 Å². The number of carbonyl (C=O) groups is 2. The molecule has 2 unspecified atom stereocenters. The molecule has 0 saturated carbocycles. The van der Waals surface area contributed by atoms with Crippen molar-refractivity contribution in [3.63, 3.8) is 0 Å². The molecule has 2 N–H and O–H groups in total. The predicted octanol–water partition coefficient (Wildman–Crippen LogP) is 2.56. The van der Waals surface area contributed by atoms with Crippen molar-refractivity contribution in [1.29, 1.82) is 0 Å². The standard InChI is InChI=1S/C18H22F3N3O2/c1-11-4-5-22-10-15(11)23-17(26)12-7-13(18(19,20)21)9-14(8-12)24-6-2-3-16(24)25/h7-9,11,15,22H,2-6,10H2,1H3,(H,23,26). The van der Waals surface area contributed by atoms with Crippen LogP contribution in [0.25, 0.3) is 0 Å². The van der Waals surface area contributed by atoms with Gasteiger partial charge < -0.3 is 15.5 Å². The first-order valence-corrected chi connectivity index (χ1v) is 8.80. The SMILES string of the molecule is CC1CCNCC1NC(=O)c1cc(N2CCCC2=O)cc(C(F)(F)F)c1. The first kappa shape index (κ1) is 18.7. The fourth-order valence-corrected chi connectivity index (χ4v) is 3.42.